The monoisotopic (exact) mass is 319 g/mol. The molecule has 0 bridgehead atoms. The highest BCUT2D eigenvalue weighted by molar-refractivity contribution is 9.10. The van der Waals surface area contributed by atoms with Gasteiger partial charge in [-0.05, 0) is 35.0 Å². The molecule has 0 atom stereocenters. The maximum atomic E-state index is 5.68. The van der Waals surface area contributed by atoms with Crippen LogP contribution in [0.15, 0.2) is 22.8 Å². The molecule has 0 fully saturated rings. The van der Waals surface area contributed by atoms with Crippen LogP contribution in [-0.4, -0.2) is 19.5 Å². The summed E-state index contributed by atoms with van der Waals surface area (Å²) in [5, 5.41) is 0. The van der Waals surface area contributed by atoms with E-state index in [1.54, 1.807) is 0 Å². The summed E-state index contributed by atoms with van der Waals surface area (Å²) in [6, 6.07) is 6.14. The predicted molar refractivity (Wildman–Crippen MR) is 78.6 cm³/mol. The zero-order valence-electron chi connectivity index (χ0n) is 10.7. The van der Waals surface area contributed by atoms with E-state index in [1.807, 2.05) is 30.7 Å². The number of imidazole rings is 2. The Morgan fingerprint density at radius 3 is 2.84 bits per heavy atom. The molecule has 0 saturated heterocycles. The maximum Gasteiger partial charge on any atom is 0.132 e. The summed E-state index contributed by atoms with van der Waals surface area (Å²) in [4.78, 5) is 12.1. The third-order valence-corrected chi connectivity index (χ3v) is 3.75. The van der Waals surface area contributed by atoms with Crippen LogP contribution >= 0.6 is 15.9 Å². The zero-order chi connectivity index (χ0) is 13.6. The Hall–Kier alpha value is -1.66. The van der Waals surface area contributed by atoms with Gasteiger partial charge in [-0.3, -0.25) is 0 Å². The van der Waals surface area contributed by atoms with Gasteiger partial charge in [-0.25, -0.2) is 9.97 Å². The fraction of sp³-hybridized carbons (Fsp3) is 0.231. The summed E-state index contributed by atoms with van der Waals surface area (Å²) in [5.74, 6) is 1.77. The van der Waals surface area contributed by atoms with E-state index in [0.29, 0.717) is 6.54 Å². The highest BCUT2D eigenvalue weighted by atomic mass is 79.9. The number of rotatable bonds is 2. The number of nitrogens with two attached hydrogens (primary N) is 1. The van der Waals surface area contributed by atoms with E-state index in [0.717, 1.165) is 38.5 Å². The number of halogens is 1. The first-order chi connectivity index (χ1) is 9.10. The summed E-state index contributed by atoms with van der Waals surface area (Å²) >= 11 is 3.50. The average Bonchev–Trinajstić information content (AvgIpc) is 2.87. The number of aromatic amines is 1. The minimum Gasteiger partial charge on any atom is -0.342 e. The van der Waals surface area contributed by atoms with Gasteiger partial charge < -0.3 is 15.3 Å². The molecule has 0 aliphatic heterocycles. The van der Waals surface area contributed by atoms with Gasteiger partial charge in [0.05, 0.1) is 23.3 Å². The van der Waals surface area contributed by atoms with Gasteiger partial charge in [-0.15, -0.1) is 0 Å². The number of H-pyrrole nitrogens is 1. The second-order valence-corrected chi connectivity index (χ2v) is 5.24. The molecular formula is C13H14BrN5. The van der Waals surface area contributed by atoms with Crippen molar-refractivity contribution in [3.05, 3.63) is 34.5 Å². The van der Waals surface area contributed by atoms with Crippen molar-refractivity contribution in [2.45, 2.75) is 13.5 Å². The maximum absolute atomic E-state index is 5.68. The fourth-order valence-corrected chi connectivity index (χ4v) is 2.99. The van der Waals surface area contributed by atoms with Gasteiger partial charge in [0.15, 0.2) is 0 Å². The molecule has 98 valence electrons. The molecular weight excluding hydrogens is 306 g/mol. The number of aryl methyl sites for hydroxylation is 1. The van der Waals surface area contributed by atoms with Gasteiger partial charge in [0.2, 0.25) is 0 Å². The van der Waals surface area contributed by atoms with E-state index in [-0.39, 0.29) is 0 Å². The van der Waals surface area contributed by atoms with Crippen molar-refractivity contribution < 1.29 is 0 Å². The molecule has 2 heterocycles. The van der Waals surface area contributed by atoms with Crippen LogP contribution in [0.4, 0.5) is 0 Å². The van der Waals surface area contributed by atoms with Gasteiger partial charge in [0, 0.05) is 12.6 Å². The highest BCUT2D eigenvalue weighted by Crippen LogP contribution is 2.30. The van der Waals surface area contributed by atoms with E-state index in [1.165, 1.54) is 0 Å². The van der Waals surface area contributed by atoms with Crippen molar-refractivity contribution in [3.63, 3.8) is 0 Å². The quantitative estimate of drug-likeness (QED) is 0.762. The molecule has 0 aliphatic rings. The number of hydrogen-bond donors (Lipinski definition) is 2. The van der Waals surface area contributed by atoms with Crippen molar-refractivity contribution >= 4 is 27.0 Å². The van der Waals surface area contributed by atoms with Gasteiger partial charge in [0.1, 0.15) is 16.3 Å². The van der Waals surface area contributed by atoms with Crippen LogP contribution in [0, 0.1) is 6.92 Å². The Labute approximate surface area is 119 Å². The number of nitrogens with one attached hydrogen (secondary N) is 1. The molecule has 0 spiro atoms. The van der Waals surface area contributed by atoms with Crippen LogP contribution in [0.5, 0.6) is 0 Å². The van der Waals surface area contributed by atoms with Gasteiger partial charge in [-0.2, -0.15) is 0 Å². The van der Waals surface area contributed by atoms with Crippen LogP contribution in [0.3, 0.4) is 0 Å². The van der Waals surface area contributed by atoms with Gasteiger partial charge in [-0.1, -0.05) is 6.07 Å². The summed E-state index contributed by atoms with van der Waals surface area (Å²) < 4.78 is 2.82. The van der Waals surface area contributed by atoms with Crippen molar-refractivity contribution in [1.82, 2.24) is 19.5 Å². The molecule has 3 rings (SSSR count). The van der Waals surface area contributed by atoms with Crippen molar-refractivity contribution in [2.75, 3.05) is 0 Å². The number of hydrogen-bond acceptors (Lipinski definition) is 3. The SMILES string of the molecule is Cc1nc2ccc(-c3c(Br)nc(CN)n3C)cc2[nH]1. The lowest BCUT2D eigenvalue weighted by Crippen LogP contribution is -2.05. The van der Waals surface area contributed by atoms with E-state index in [9.17, 15) is 0 Å². The molecule has 3 N–H and O–H groups in total. The number of nitrogens with zero attached hydrogens (tertiary/aromatic N) is 3. The Bertz CT molecular complexity index is 756. The molecule has 1 aromatic carbocycles. The molecule has 0 saturated carbocycles. The van der Waals surface area contributed by atoms with Crippen LogP contribution in [0.1, 0.15) is 11.6 Å². The van der Waals surface area contributed by atoms with E-state index in [2.05, 4.69) is 36.9 Å². The molecule has 0 amide bonds. The van der Waals surface area contributed by atoms with Crippen molar-refractivity contribution in [3.8, 4) is 11.3 Å². The van der Waals surface area contributed by atoms with Gasteiger partial charge in [0.25, 0.3) is 0 Å². The molecule has 0 aliphatic carbocycles. The summed E-state index contributed by atoms with van der Waals surface area (Å²) in [6.45, 7) is 2.37. The van der Waals surface area contributed by atoms with Crippen LogP contribution in [0.25, 0.3) is 22.3 Å². The molecule has 3 aromatic rings. The molecule has 5 nitrogen and oxygen atoms in total. The number of fused-ring (bicyclic) bond motifs is 1. The highest BCUT2D eigenvalue weighted by Gasteiger charge is 2.14. The zero-order valence-corrected chi connectivity index (χ0v) is 12.3. The molecule has 19 heavy (non-hydrogen) atoms. The van der Waals surface area contributed by atoms with E-state index in [4.69, 9.17) is 5.73 Å². The Balaban J connectivity index is 2.21. The first kappa shape index (κ1) is 12.4. The lowest BCUT2D eigenvalue weighted by Gasteiger charge is -2.05. The Morgan fingerprint density at radius 2 is 2.16 bits per heavy atom. The molecule has 0 radical (unpaired) electrons. The molecule has 2 aromatic heterocycles. The lowest BCUT2D eigenvalue weighted by atomic mass is 10.1. The third-order valence-electron chi connectivity index (χ3n) is 3.20. The van der Waals surface area contributed by atoms with E-state index >= 15 is 0 Å². The average molecular weight is 320 g/mol. The first-order valence-corrected chi connectivity index (χ1v) is 6.77. The largest absolute Gasteiger partial charge is 0.342 e. The summed E-state index contributed by atoms with van der Waals surface area (Å²) in [5.41, 5.74) is 9.78. The second-order valence-electron chi connectivity index (χ2n) is 4.48. The second kappa shape index (κ2) is 4.47. The number of benzene rings is 1. The molecule has 6 heteroatoms. The van der Waals surface area contributed by atoms with Crippen molar-refractivity contribution in [2.24, 2.45) is 12.8 Å². The number of aromatic nitrogens is 4. The first-order valence-electron chi connectivity index (χ1n) is 5.98. The summed E-state index contributed by atoms with van der Waals surface area (Å²) in [6.07, 6.45) is 0. The minimum atomic E-state index is 0.417. The Kier molecular flexibility index (Phi) is 2.91. The topological polar surface area (TPSA) is 72.5 Å². The smallest absolute Gasteiger partial charge is 0.132 e. The standard InChI is InChI=1S/C13H14BrN5/c1-7-16-9-4-3-8(5-10(9)17-7)12-13(14)18-11(6-15)19(12)2/h3-5H,6,15H2,1-2H3,(H,16,17). The molecule has 0 unspecified atom stereocenters. The minimum absolute atomic E-state index is 0.417. The van der Waals surface area contributed by atoms with Crippen LogP contribution in [-0.2, 0) is 13.6 Å². The van der Waals surface area contributed by atoms with Gasteiger partial charge >= 0.3 is 0 Å². The van der Waals surface area contributed by atoms with Crippen LogP contribution in [0.2, 0.25) is 0 Å². The Morgan fingerprint density at radius 1 is 1.37 bits per heavy atom. The third kappa shape index (κ3) is 1.97. The van der Waals surface area contributed by atoms with Crippen LogP contribution < -0.4 is 5.73 Å². The summed E-state index contributed by atoms with van der Waals surface area (Å²) in [7, 11) is 1.97. The lowest BCUT2D eigenvalue weighted by molar-refractivity contribution is 0.798. The van der Waals surface area contributed by atoms with Crippen molar-refractivity contribution in [1.29, 1.82) is 0 Å². The predicted octanol–water partition coefficient (Wildman–Crippen LogP) is 2.49. The normalized spacial score (nSPS) is 11.4. The fourth-order valence-electron chi connectivity index (χ4n) is 2.29. The van der Waals surface area contributed by atoms with E-state index < -0.39 is 0 Å².